The molecule has 158 valence electrons. The third-order valence-electron chi connectivity index (χ3n) is 5.46. The first kappa shape index (κ1) is 20.6. The van der Waals surface area contributed by atoms with E-state index in [4.69, 9.17) is 0 Å². The van der Waals surface area contributed by atoms with Gasteiger partial charge in [-0.1, -0.05) is 24.3 Å². The van der Waals surface area contributed by atoms with E-state index in [1.54, 1.807) is 24.3 Å². The monoisotopic (exact) mass is 415 g/mol. The van der Waals surface area contributed by atoms with E-state index in [-0.39, 0.29) is 17.9 Å². The second-order valence-electron chi connectivity index (χ2n) is 7.61. The predicted octanol–water partition coefficient (Wildman–Crippen LogP) is 4.53. The summed E-state index contributed by atoms with van der Waals surface area (Å²) in [6.45, 7) is 0.684. The van der Waals surface area contributed by atoms with E-state index in [1.165, 1.54) is 12.1 Å². The Labute approximate surface area is 173 Å². The van der Waals surface area contributed by atoms with Crippen molar-refractivity contribution in [2.24, 2.45) is 0 Å². The number of rotatable bonds is 7. The molecule has 8 heteroatoms. The molecular formula is C22H24F3N5. The van der Waals surface area contributed by atoms with Crippen LogP contribution < -0.4 is 15.8 Å². The van der Waals surface area contributed by atoms with Crippen LogP contribution in [0, 0.1) is 5.82 Å². The maximum absolute atomic E-state index is 13.2. The van der Waals surface area contributed by atoms with Gasteiger partial charge in [-0.15, -0.1) is 0 Å². The SMILES string of the molecule is CN(CCCC1CC(c2ccc(F)cc2)NN1)c1nc(C(F)F)nc2ccccc12. The molecule has 0 saturated carbocycles. The fourth-order valence-electron chi connectivity index (χ4n) is 3.87. The molecule has 5 nitrogen and oxygen atoms in total. The highest BCUT2D eigenvalue weighted by atomic mass is 19.3. The summed E-state index contributed by atoms with van der Waals surface area (Å²) in [5.74, 6) is -0.159. The minimum Gasteiger partial charge on any atom is -0.359 e. The third-order valence-corrected chi connectivity index (χ3v) is 5.46. The molecule has 4 rings (SSSR count). The predicted molar refractivity (Wildman–Crippen MR) is 111 cm³/mol. The average Bonchev–Trinajstić information content (AvgIpc) is 3.22. The summed E-state index contributed by atoms with van der Waals surface area (Å²) in [6, 6.07) is 14.2. The molecule has 0 spiro atoms. The van der Waals surface area contributed by atoms with Crippen LogP contribution in [-0.2, 0) is 0 Å². The van der Waals surface area contributed by atoms with Gasteiger partial charge in [-0.25, -0.2) is 23.1 Å². The Hall–Kier alpha value is -2.71. The van der Waals surface area contributed by atoms with Gasteiger partial charge >= 0.3 is 0 Å². The number of nitrogens with one attached hydrogen (secondary N) is 2. The van der Waals surface area contributed by atoms with Gasteiger partial charge in [0, 0.05) is 31.1 Å². The van der Waals surface area contributed by atoms with Crippen LogP contribution in [0.1, 0.15) is 43.1 Å². The molecule has 0 bridgehead atoms. The van der Waals surface area contributed by atoms with Crippen LogP contribution in [0.3, 0.4) is 0 Å². The summed E-state index contributed by atoms with van der Waals surface area (Å²) >= 11 is 0. The van der Waals surface area contributed by atoms with Gasteiger partial charge in [0.05, 0.1) is 5.52 Å². The number of para-hydroxylation sites is 1. The lowest BCUT2D eigenvalue weighted by Crippen LogP contribution is -2.31. The summed E-state index contributed by atoms with van der Waals surface area (Å²) in [7, 11) is 1.87. The molecule has 1 aliphatic rings. The first-order valence-corrected chi connectivity index (χ1v) is 10.0. The number of benzene rings is 2. The lowest BCUT2D eigenvalue weighted by molar-refractivity contribution is 0.141. The minimum absolute atomic E-state index is 0.146. The van der Waals surface area contributed by atoms with Crippen molar-refractivity contribution in [3.63, 3.8) is 0 Å². The quantitative estimate of drug-likeness (QED) is 0.594. The molecule has 30 heavy (non-hydrogen) atoms. The van der Waals surface area contributed by atoms with Crippen molar-refractivity contribution in [3.05, 3.63) is 65.7 Å². The molecule has 2 unspecified atom stereocenters. The molecule has 0 aliphatic carbocycles. The Bertz CT molecular complexity index is 996. The van der Waals surface area contributed by atoms with Crippen molar-refractivity contribution in [1.29, 1.82) is 0 Å². The number of halogens is 3. The zero-order valence-corrected chi connectivity index (χ0v) is 16.7. The Balaban J connectivity index is 1.36. The van der Waals surface area contributed by atoms with Gasteiger partial charge in [-0.05, 0) is 49.1 Å². The number of hydrogen-bond acceptors (Lipinski definition) is 5. The van der Waals surface area contributed by atoms with Crippen molar-refractivity contribution < 1.29 is 13.2 Å². The van der Waals surface area contributed by atoms with Crippen LogP contribution in [0.25, 0.3) is 10.9 Å². The summed E-state index contributed by atoms with van der Waals surface area (Å²) in [6.07, 6.45) is -0.0195. The highest BCUT2D eigenvalue weighted by molar-refractivity contribution is 5.89. The first-order chi connectivity index (χ1) is 14.5. The number of alkyl halides is 2. The molecule has 1 aliphatic heterocycles. The van der Waals surface area contributed by atoms with Crippen molar-refractivity contribution in [2.75, 3.05) is 18.5 Å². The molecule has 2 atom stereocenters. The average molecular weight is 415 g/mol. The molecular weight excluding hydrogens is 391 g/mol. The van der Waals surface area contributed by atoms with E-state index in [9.17, 15) is 13.2 Å². The van der Waals surface area contributed by atoms with Crippen LogP contribution in [0.15, 0.2) is 48.5 Å². The highest BCUT2D eigenvalue weighted by Crippen LogP contribution is 2.28. The maximum atomic E-state index is 13.2. The van der Waals surface area contributed by atoms with Crippen LogP contribution in [-0.4, -0.2) is 29.6 Å². The molecule has 1 saturated heterocycles. The smallest absolute Gasteiger partial charge is 0.297 e. The fraction of sp³-hybridized carbons (Fsp3) is 0.364. The molecule has 3 aromatic rings. The van der Waals surface area contributed by atoms with Gasteiger partial charge in [0.1, 0.15) is 11.6 Å². The lowest BCUT2D eigenvalue weighted by atomic mass is 9.99. The van der Waals surface area contributed by atoms with Gasteiger partial charge in [0.15, 0.2) is 5.82 Å². The number of hydrazine groups is 1. The normalized spacial score (nSPS) is 19.0. The molecule has 2 aromatic carbocycles. The summed E-state index contributed by atoms with van der Waals surface area (Å²) < 4.78 is 39.5. The molecule has 0 radical (unpaired) electrons. The molecule has 0 amide bonds. The number of fused-ring (bicyclic) bond motifs is 1. The third kappa shape index (κ3) is 4.55. The number of anilines is 1. The van der Waals surface area contributed by atoms with Gasteiger partial charge in [0.25, 0.3) is 6.43 Å². The van der Waals surface area contributed by atoms with Gasteiger partial charge in [-0.2, -0.15) is 0 Å². The van der Waals surface area contributed by atoms with Crippen LogP contribution in [0.2, 0.25) is 0 Å². The second kappa shape index (κ2) is 8.97. The fourth-order valence-corrected chi connectivity index (χ4v) is 3.87. The summed E-state index contributed by atoms with van der Waals surface area (Å²) in [5.41, 5.74) is 8.14. The minimum atomic E-state index is -2.71. The molecule has 2 N–H and O–H groups in total. The molecule has 2 heterocycles. The van der Waals surface area contributed by atoms with Crippen molar-refractivity contribution >= 4 is 16.7 Å². The summed E-state index contributed by atoms with van der Waals surface area (Å²) in [4.78, 5) is 10.0. The number of nitrogens with zero attached hydrogens (tertiary/aromatic N) is 3. The number of aromatic nitrogens is 2. The lowest BCUT2D eigenvalue weighted by Gasteiger charge is -2.21. The summed E-state index contributed by atoms with van der Waals surface area (Å²) in [5, 5.41) is 0.765. The van der Waals surface area contributed by atoms with Gasteiger partial charge in [0.2, 0.25) is 0 Å². The Morgan fingerprint density at radius 1 is 1.07 bits per heavy atom. The van der Waals surface area contributed by atoms with Crippen molar-refractivity contribution in [1.82, 2.24) is 20.8 Å². The second-order valence-corrected chi connectivity index (χ2v) is 7.61. The Morgan fingerprint density at radius 3 is 2.60 bits per heavy atom. The van der Waals surface area contributed by atoms with E-state index in [0.717, 1.165) is 30.2 Å². The van der Waals surface area contributed by atoms with Crippen LogP contribution in [0.4, 0.5) is 19.0 Å². The van der Waals surface area contributed by atoms with Crippen molar-refractivity contribution in [3.8, 4) is 0 Å². The van der Waals surface area contributed by atoms with Crippen LogP contribution in [0.5, 0.6) is 0 Å². The van der Waals surface area contributed by atoms with Crippen molar-refractivity contribution in [2.45, 2.75) is 37.8 Å². The first-order valence-electron chi connectivity index (χ1n) is 10.0. The van der Waals surface area contributed by atoms with E-state index in [2.05, 4.69) is 20.8 Å². The van der Waals surface area contributed by atoms with E-state index < -0.39 is 12.2 Å². The standard InChI is InChI=1S/C22H24F3N5/c1-30(22-17-6-2-3-7-18(17)26-21(27-22)20(24)25)12-4-5-16-13-19(29-28-16)14-8-10-15(23)11-9-14/h2-3,6-11,16,19-20,28-29H,4-5,12-13H2,1H3. The zero-order chi connectivity index (χ0) is 21.1. The number of hydrogen-bond donors (Lipinski definition) is 2. The molecule has 1 fully saturated rings. The Kier molecular flexibility index (Phi) is 6.15. The topological polar surface area (TPSA) is 53.1 Å². The van der Waals surface area contributed by atoms with Crippen LogP contribution >= 0.6 is 0 Å². The maximum Gasteiger partial charge on any atom is 0.297 e. The van der Waals surface area contributed by atoms with E-state index in [0.29, 0.717) is 17.9 Å². The Morgan fingerprint density at radius 2 is 1.83 bits per heavy atom. The van der Waals surface area contributed by atoms with Gasteiger partial charge in [-0.3, -0.25) is 10.9 Å². The zero-order valence-electron chi connectivity index (χ0n) is 16.7. The van der Waals surface area contributed by atoms with E-state index in [1.807, 2.05) is 24.1 Å². The molecule has 1 aromatic heterocycles. The highest BCUT2D eigenvalue weighted by Gasteiger charge is 2.25. The van der Waals surface area contributed by atoms with E-state index >= 15 is 0 Å². The van der Waals surface area contributed by atoms with Gasteiger partial charge < -0.3 is 4.90 Å². The largest absolute Gasteiger partial charge is 0.359 e.